The average molecular weight is 205 g/mol. The molecule has 2 unspecified atom stereocenters. The summed E-state index contributed by atoms with van der Waals surface area (Å²) in [4.78, 5) is 25.3. The number of likely N-dealkylation sites (tertiary alicyclic amines) is 1. The molecule has 2 amide bonds. The number of amides is 2. The van der Waals surface area contributed by atoms with Gasteiger partial charge in [-0.1, -0.05) is 12.3 Å². The van der Waals surface area contributed by atoms with E-state index < -0.39 is 5.54 Å². The van der Waals surface area contributed by atoms with E-state index in [2.05, 4.69) is 5.92 Å². The molecule has 15 heavy (non-hydrogen) atoms. The van der Waals surface area contributed by atoms with Crippen molar-refractivity contribution in [2.75, 3.05) is 0 Å². The molecule has 0 aromatic carbocycles. The van der Waals surface area contributed by atoms with E-state index in [9.17, 15) is 9.59 Å². The van der Waals surface area contributed by atoms with Crippen LogP contribution in [0.25, 0.3) is 0 Å². The summed E-state index contributed by atoms with van der Waals surface area (Å²) in [7, 11) is 0. The number of rotatable bonds is 1. The highest BCUT2D eigenvalue weighted by molar-refractivity contribution is 6.06. The molecule has 2 atom stereocenters. The zero-order chi connectivity index (χ0) is 11.2. The molecule has 1 saturated heterocycles. The Balaban J connectivity index is 2.34. The van der Waals surface area contributed by atoms with Crippen LogP contribution in [-0.2, 0) is 9.59 Å². The van der Waals surface area contributed by atoms with E-state index in [4.69, 9.17) is 6.42 Å². The summed E-state index contributed by atoms with van der Waals surface area (Å²) in [6, 6.07) is 0. The van der Waals surface area contributed by atoms with Crippen molar-refractivity contribution in [1.82, 2.24) is 4.90 Å². The van der Waals surface area contributed by atoms with Gasteiger partial charge >= 0.3 is 0 Å². The second kappa shape index (κ2) is 3.10. The van der Waals surface area contributed by atoms with E-state index in [1.54, 1.807) is 13.8 Å². The number of imide groups is 1. The molecule has 0 aromatic heterocycles. The molecule has 3 heteroatoms. The van der Waals surface area contributed by atoms with Crippen molar-refractivity contribution < 1.29 is 9.59 Å². The van der Waals surface area contributed by atoms with Crippen molar-refractivity contribution in [2.24, 2.45) is 11.8 Å². The SMILES string of the molecule is C#CC(C)(C)N1C(=O)C2CCCC2C1=O. The van der Waals surface area contributed by atoms with Gasteiger partial charge in [-0.3, -0.25) is 14.5 Å². The van der Waals surface area contributed by atoms with Gasteiger partial charge in [-0.2, -0.15) is 0 Å². The van der Waals surface area contributed by atoms with Gasteiger partial charge in [-0.05, 0) is 26.7 Å². The Morgan fingerprint density at radius 1 is 1.27 bits per heavy atom. The van der Waals surface area contributed by atoms with Crippen LogP contribution < -0.4 is 0 Å². The molecule has 0 N–H and O–H groups in total. The van der Waals surface area contributed by atoms with Crippen LogP contribution in [0.15, 0.2) is 0 Å². The smallest absolute Gasteiger partial charge is 0.234 e. The maximum absolute atomic E-state index is 12.0. The summed E-state index contributed by atoms with van der Waals surface area (Å²) in [5, 5.41) is 0. The summed E-state index contributed by atoms with van der Waals surface area (Å²) in [6.45, 7) is 3.48. The Hall–Kier alpha value is -1.30. The lowest BCUT2D eigenvalue weighted by atomic mass is 10.00. The van der Waals surface area contributed by atoms with E-state index in [1.807, 2.05) is 0 Å². The lowest BCUT2D eigenvalue weighted by Gasteiger charge is -2.29. The third-order valence-corrected chi connectivity index (χ3v) is 3.50. The van der Waals surface area contributed by atoms with Crippen molar-refractivity contribution >= 4 is 11.8 Å². The lowest BCUT2D eigenvalue weighted by molar-refractivity contribution is -0.144. The third-order valence-electron chi connectivity index (χ3n) is 3.50. The van der Waals surface area contributed by atoms with Crippen LogP contribution in [0.2, 0.25) is 0 Å². The molecule has 0 radical (unpaired) electrons. The summed E-state index contributed by atoms with van der Waals surface area (Å²) in [6.07, 6.45) is 8.03. The van der Waals surface area contributed by atoms with E-state index in [0.717, 1.165) is 19.3 Å². The molecule has 1 aliphatic heterocycles. The highest BCUT2D eigenvalue weighted by atomic mass is 16.2. The van der Waals surface area contributed by atoms with Gasteiger partial charge in [-0.25, -0.2) is 0 Å². The fraction of sp³-hybridized carbons (Fsp3) is 0.667. The maximum atomic E-state index is 12.0. The first kappa shape index (κ1) is 10.2. The summed E-state index contributed by atoms with van der Waals surface area (Å²) < 4.78 is 0. The van der Waals surface area contributed by atoms with Crippen molar-refractivity contribution in [3.8, 4) is 12.3 Å². The minimum atomic E-state index is -0.779. The summed E-state index contributed by atoms with van der Waals surface area (Å²) >= 11 is 0. The van der Waals surface area contributed by atoms with E-state index in [1.165, 1.54) is 4.90 Å². The molecular weight excluding hydrogens is 190 g/mol. The Morgan fingerprint density at radius 3 is 2.13 bits per heavy atom. The Morgan fingerprint density at radius 2 is 1.73 bits per heavy atom. The normalized spacial score (nSPS) is 30.6. The molecule has 0 spiro atoms. The first-order chi connectivity index (χ1) is 6.99. The number of carbonyl (C=O) groups excluding carboxylic acids is 2. The number of hydrogen-bond donors (Lipinski definition) is 0. The largest absolute Gasteiger partial charge is 0.274 e. The van der Waals surface area contributed by atoms with Gasteiger partial charge < -0.3 is 0 Å². The quantitative estimate of drug-likeness (QED) is 0.476. The Kier molecular flexibility index (Phi) is 2.11. The number of terminal acetylenes is 1. The highest BCUT2D eigenvalue weighted by Gasteiger charge is 2.53. The van der Waals surface area contributed by atoms with Crippen molar-refractivity contribution in [1.29, 1.82) is 0 Å². The van der Waals surface area contributed by atoms with Crippen LogP contribution in [0.1, 0.15) is 33.1 Å². The number of nitrogens with zero attached hydrogens (tertiary/aromatic N) is 1. The van der Waals surface area contributed by atoms with Gasteiger partial charge in [0.15, 0.2) is 0 Å². The topological polar surface area (TPSA) is 37.4 Å². The van der Waals surface area contributed by atoms with E-state index in [-0.39, 0.29) is 23.7 Å². The Bertz CT molecular complexity index is 342. The first-order valence-electron chi connectivity index (χ1n) is 5.34. The second-order valence-electron chi connectivity index (χ2n) is 4.86. The molecular formula is C12H15NO2. The highest BCUT2D eigenvalue weighted by Crippen LogP contribution is 2.42. The van der Waals surface area contributed by atoms with Crippen LogP contribution in [0, 0.1) is 24.2 Å². The predicted octanol–water partition coefficient (Wildman–Crippen LogP) is 1.18. The molecule has 2 aliphatic rings. The fourth-order valence-electron chi connectivity index (χ4n) is 2.61. The zero-order valence-corrected chi connectivity index (χ0v) is 9.12. The first-order valence-corrected chi connectivity index (χ1v) is 5.34. The lowest BCUT2D eigenvalue weighted by Crippen LogP contribution is -2.47. The van der Waals surface area contributed by atoms with Gasteiger partial charge in [0.05, 0.1) is 11.8 Å². The molecule has 0 bridgehead atoms. The van der Waals surface area contributed by atoms with Gasteiger partial charge in [0.1, 0.15) is 5.54 Å². The minimum Gasteiger partial charge on any atom is -0.274 e. The average Bonchev–Trinajstić information content (AvgIpc) is 2.72. The number of hydrogen-bond acceptors (Lipinski definition) is 2. The molecule has 2 rings (SSSR count). The summed E-state index contributed by atoms with van der Waals surface area (Å²) in [5.74, 6) is 2.20. The molecule has 1 heterocycles. The second-order valence-corrected chi connectivity index (χ2v) is 4.86. The van der Waals surface area contributed by atoms with Gasteiger partial charge in [0.2, 0.25) is 11.8 Å². The molecule has 0 aromatic rings. The molecule has 80 valence electrons. The van der Waals surface area contributed by atoms with Crippen molar-refractivity contribution in [2.45, 2.75) is 38.6 Å². The predicted molar refractivity (Wildman–Crippen MR) is 55.6 cm³/mol. The standard InChI is InChI=1S/C12H15NO2/c1-4-12(2,3)13-10(14)8-6-5-7-9(8)11(13)15/h1,8-9H,5-7H2,2-3H3. The van der Waals surface area contributed by atoms with Gasteiger partial charge in [-0.15, -0.1) is 6.42 Å². The molecule has 1 saturated carbocycles. The van der Waals surface area contributed by atoms with Crippen LogP contribution in [0.5, 0.6) is 0 Å². The van der Waals surface area contributed by atoms with Crippen LogP contribution in [0.4, 0.5) is 0 Å². The zero-order valence-electron chi connectivity index (χ0n) is 9.12. The molecule has 3 nitrogen and oxygen atoms in total. The van der Waals surface area contributed by atoms with Crippen molar-refractivity contribution in [3.63, 3.8) is 0 Å². The monoisotopic (exact) mass is 205 g/mol. The van der Waals surface area contributed by atoms with Crippen LogP contribution in [-0.4, -0.2) is 22.3 Å². The van der Waals surface area contributed by atoms with E-state index in [0.29, 0.717) is 0 Å². The van der Waals surface area contributed by atoms with Crippen LogP contribution >= 0.6 is 0 Å². The van der Waals surface area contributed by atoms with Gasteiger partial charge in [0.25, 0.3) is 0 Å². The number of carbonyl (C=O) groups is 2. The third kappa shape index (κ3) is 1.28. The fourth-order valence-corrected chi connectivity index (χ4v) is 2.61. The van der Waals surface area contributed by atoms with Gasteiger partial charge in [0, 0.05) is 0 Å². The van der Waals surface area contributed by atoms with Crippen molar-refractivity contribution in [3.05, 3.63) is 0 Å². The van der Waals surface area contributed by atoms with Crippen LogP contribution in [0.3, 0.4) is 0 Å². The number of fused-ring (bicyclic) bond motifs is 1. The van der Waals surface area contributed by atoms with E-state index >= 15 is 0 Å². The maximum Gasteiger partial charge on any atom is 0.234 e. The Labute approximate surface area is 89.8 Å². The summed E-state index contributed by atoms with van der Waals surface area (Å²) in [5.41, 5.74) is -0.779. The molecule has 1 aliphatic carbocycles. The minimum absolute atomic E-state index is 0.0644. The molecule has 2 fully saturated rings.